The molecule has 0 aliphatic heterocycles. The number of carboxylic acids is 1. The molecule has 8 heteroatoms. The number of rotatable bonds is 6. The van der Waals surface area contributed by atoms with E-state index in [0.29, 0.717) is 5.69 Å². The molecule has 0 unspecified atom stereocenters. The van der Waals surface area contributed by atoms with Crippen molar-refractivity contribution < 1.29 is 27.9 Å². The summed E-state index contributed by atoms with van der Waals surface area (Å²) >= 11 is 0. The molecule has 7 nitrogen and oxygen atoms in total. The van der Waals surface area contributed by atoms with Crippen LogP contribution in [0.15, 0.2) is 24.3 Å². The van der Waals surface area contributed by atoms with Gasteiger partial charge in [0.2, 0.25) is 5.91 Å². The average Bonchev–Trinajstić information content (AvgIpc) is 2.34. The molecule has 0 spiro atoms. The monoisotopic (exact) mass is 329 g/mol. The van der Waals surface area contributed by atoms with Gasteiger partial charge in [0, 0.05) is 11.8 Å². The maximum Gasteiger partial charge on any atom is 0.341 e. The van der Waals surface area contributed by atoms with Crippen molar-refractivity contribution in [3.8, 4) is 5.75 Å². The van der Waals surface area contributed by atoms with Crippen LogP contribution in [0.5, 0.6) is 5.75 Å². The first kappa shape index (κ1) is 18.0. The molecule has 1 rings (SSSR count). The summed E-state index contributed by atoms with van der Waals surface area (Å²) in [6, 6.07) is 6.06. The Morgan fingerprint density at radius 3 is 2.45 bits per heavy atom. The van der Waals surface area contributed by atoms with E-state index in [0.717, 1.165) is 0 Å². The third-order valence-electron chi connectivity index (χ3n) is 2.73. The molecule has 122 valence electrons. The van der Waals surface area contributed by atoms with Gasteiger partial charge in [-0.15, -0.1) is 0 Å². The zero-order valence-electron chi connectivity index (χ0n) is 12.6. The number of amides is 1. The fraction of sp³-hybridized carbons (Fsp3) is 0.429. The minimum atomic E-state index is -3.57. The Balaban J connectivity index is 2.73. The highest BCUT2D eigenvalue weighted by atomic mass is 32.2. The maximum absolute atomic E-state index is 11.9. The lowest BCUT2D eigenvalue weighted by molar-refractivity contribution is -0.139. The highest BCUT2D eigenvalue weighted by Crippen LogP contribution is 2.19. The number of hydrogen-bond donors (Lipinski definition) is 2. The van der Waals surface area contributed by atoms with Crippen LogP contribution in [-0.2, 0) is 19.4 Å². The molecule has 0 bridgehead atoms. The van der Waals surface area contributed by atoms with Crippen molar-refractivity contribution in [3.63, 3.8) is 0 Å². The van der Waals surface area contributed by atoms with Crippen LogP contribution in [0.1, 0.15) is 20.8 Å². The van der Waals surface area contributed by atoms with Crippen LogP contribution in [0.25, 0.3) is 0 Å². The van der Waals surface area contributed by atoms with Crippen LogP contribution in [0.4, 0.5) is 5.69 Å². The molecule has 0 aliphatic carbocycles. The lowest BCUT2D eigenvalue weighted by Crippen LogP contribution is -2.35. The molecule has 0 aromatic heterocycles. The largest absolute Gasteiger partial charge is 0.482 e. The molecule has 1 aromatic carbocycles. The molecule has 22 heavy (non-hydrogen) atoms. The predicted octanol–water partition coefficient (Wildman–Crippen LogP) is 1.30. The average molecular weight is 329 g/mol. The molecular weight excluding hydrogens is 310 g/mol. The Kier molecular flexibility index (Phi) is 5.54. The predicted molar refractivity (Wildman–Crippen MR) is 81.7 cm³/mol. The Morgan fingerprint density at radius 2 is 1.91 bits per heavy atom. The number of carbonyl (C=O) groups excluding carboxylic acids is 1. The van der Waals surface area contributed by atoms with Gasteiger partial charge in [-0.1, -0.05) is 6.07 Å². The number of sulfone groups is 1. The van der Waals surface area contributed by atoms with Crippen molar-refractivity contribution >= 4 is 27.4 Å². The highest BCUT2D eigenvalue weighted by Gasteiger charge is 2.31. The molecular formula is C14H19NO6S. The van der Waals surface area contributed by atoms with Crippen molar-refractivity contribution in [3.05, 3.63) is 24.3 Å². The van der Waals surface area contributed by atoms with Crippen molar-refractivity contribution in [2.24, 2.45) is 0 Å². The molecule has 2 N–H and O–H groups in total. The lowest BCUT2D eigenvalue weighted by atomic mass is 10.3. The summed E-state index contributed by atoms with van der Waals surface area (Å²) in [6.07, 6.45) is 0. The third kappa shape index (κ3) is 5.36. The molecule has 0 fully saturated rings. The number of hydrogen-bond acceptors (Lipinski definition) is 5. The van der Waals surface area contributed by atoms with Crippen LogP contribution in [0.2, 0.25) is 0 Å². The van der Waals surface area contributed by atoms with E-state index in [1.165, 1.54) is 32.9 Å². The fourth-order valence-corrected chi connectivity index (χ4v) is 2.25. The summed E-state index contributed by atoms with van der Waals surface area (Å²) in [4.78, 5) is 22.3. The normalized spacial score (nSPS) is 11.8. The van der Waals surface area contributed by atoms with Gasteiger partial charge in [0.25, 0.3) is 0 Å². The first-order chi connectivity index (χ1) is 10.0. The van der Waals surface area contributed by atoms with E-state index >= 15 is 0 Å². The van der Waals surface area contributed by atoms with Crippen molar-refractivity contribution in [1.82, 2.24) is 0 Å². The first-order valence-corrected chi connectivity index (χ1v) is 8.13. The standard InChI is InChI=1S/C14H19NO6S/c1-14(2,3)22(19,20)9-12(16)15-10-5-4-6-11(7-10)21-8-13(17)18/h4-7H,8-9H2,1-3H3,(H,15,16)(H,17,18). The summed E-state index contributed by atoms with van der Waals surface area (Å²) in [5.74, 6) is -2.15. The summed E-state index contributed by atoms with van der Waals surface area (Å²) in [5.41, 5.74) is 0.331. The number of aliphatic carboxylic acids is 1. The molecule has 0 radical (unpaired) electrons. The molecule has 1 aromatic rings. The summed E-state index contributed by atoms with van der Waals surface area (Å²) in [7, 11) is -3.57. The van der Waals surface area contributed by atoms with E-state index in [4.69, 9.17) is 9.84 Å². The topological polar surface area (TPSA) is 110 Å². The fourth-order valence-electron chi connectivity index (χ4n) is 1.39. The van der Waals surface area contributed by atoms with Crippen LogP contribution in [-0.4, -0.2) is 42.5 Å². The minimum Gasteiger partial charge on any atom is -0.482 e. The SMILES string of the molecule is CC(C)(C)S(=O)(=O)CC(=O)Nc1cccc(OCC(=O)O)c1. The molecule has 0 saturated heterocycles. The molecule has 0 heterocycles. The number of anilines is 1. The van der Waals surface area contributed by atoms with Gasteiger partial charge in [-0.05, 0) is 32.9 Å². The molecule has 1 amide bonds. The van der Waals surface area contributed by atoms with Gasteiger partial charge in [-0.25, -0.2) is 13.2 Å². The summed E-state index contributed by atoms with van der Waals surface area (Å²) < 4.78 is 27.9. The zero-order chi connectivity index (χ0) is 17.0. The molecule has 0 saturated carbocycles. The van der Waals surface area contributed by atoms with Crippen LogP contribution in [0.3, 0.4) is 0 Å². The second-order valence-corrected chi connectivity index (χ2v) is 8.37. The van der Waals surface area contributed by atoms with E-state index in [2.05, 4.69) is 5.32 Å². The van der Waals surface area contributed by atoms with Crippen LogP contribution in [0, 0.1) is 0 Å². The smallest absolute Gasteiger partial charge is 0.341 e. The van der Waals surface area contributed by atoms with Crippen LogP contribution >= 0.6 is 0 Å². The van der Waals surface area contributed by atoms with Gasteiger partial charge < -0.3 is 15.2 Å². The van der Waals surface area contributed by atoms with Gasteiger partial charge in [0.15, 0.2) is 16.4 Å². The number of benzene rings is 1. The maximum atomic E-state index is 11.9. The second kappa shape index (κ2) is 6.78. The van der Waals surface area contributed by atoms with E-state index in [-0.39, 0.29) is 5.75 Å². The van der Waals surface area contributed by atoms with E-state index < -0.39 is 38.8 Å². The Hall–Kier alpha value is -2.09. The van der Waals surface area contributed by atoms with Gasteiger partial charge in [0.1, 0.15) is 11.5 Å². The molecule has 0 atom stereocenters. The van der Waals surface area contributed by atoms with E-state index in [1.807, 2.05) is 0 Å². The molecule has 0 aliphatic rings. The zero-order valence-corrected chi connectivity index (χ0v) is 13.4. The lowest BCUT2D eigenvalue weighted by Gasteiger charge is -2.18. The number of carbonyl (C=O) groups is 2. The van der Waals surface area contributed by atoms with Crippen LogP contribution < -0.4 is 10.1 Å². The Morgan fingerprint density at radius 1 is 1.27 bits per heavy atom. The van der Waals surface area contributed by atoms with Crippen molar-refractivity contribution in [1.29, 1.82) is 0 Å². The second-order valence-electron chi connectivity index (χ2n) is 5.63. The van der Waals surface area contributed by atoms with Gasteiger partial charge in [0.05, 0.1) is 4.75 Å². The number of ether oxygens (including phenoxy) is 1. The highest BCUT2D eigenvalue weighted by molar-refractivity contribution is 7.93. The van der Waals surface area contributed by atoms with E-state index in [1.54, 1.807) is 12.1 Å². The first-order valence-electron chi connectivity index (χ1n) is 6.48. The Labute approximate surface area is 129 Å². The quantitative estimate of drug-likeness (QED) is 0.814. The van der Waals surface area contributed by atoms with E-state index in [9.17, 15) is 18.0 Å². The summed E-state index contributed by atoms with van der Waals surface area (Å²) in [5, 5.41) is 11.0. The summed E-state index contributed by atoms with van der Waals surface area (Å²) in [6.45, 7) is 4.07. The minimum absolute atomic E-state index is 0.263. The third-order valence-corrected chi connectivity index (χ3v) is 5.24. The number of carboxylic acid groups (broad SMARTS) is 1. The van der Waals surface area contributed by atoms with Crippen molar-refractivity contribution in [2.75, 3.05) is 17.7 Å². The van der Waals surface area contributed by atoms with Gasteiger partial charge in [-0.3, -0.25) is 4.79 Å². The van der Waals surface area contributed by atoms with Crippen molar-refractivity contribution in [2.45, 2.75) is 25.5 Å². The van der Waals surface area contributed by atoms with Gasteiger partial charge >= 0.3 is 5.97 Å². The van der Waals surface area contributed by atoms with Gasteiger partial charge in [-0.2, -0.15) is 0 Å². The number of nitrogens with one attached hydrogen (secondary N) is 1. The Bertz CT molecular complexity index is 660.